The SMILES string of the molecule is O=C(NCCc1c[nH]c2ccccc12)C(=O)NCC[C@H]1CCCCN1S(=O)(=O)c1ccccc1. The van der Waals surface area contributed by atoms with Crippen LogP contribution in [0.5, 0.6) is 0 Å². The highest BCUT2D eigenvalue weighted by atomic mass is 32.2. The van der Waals surface area contributed by atoms with Crippen LogP contribution in [0.25, 0.3) is 10.9 Å². The number of hydrogen-bond acceptors (Lipinski definition) is 4. The maximum absolute atomic E-state index is 13.1. The second-order valence-corrected chi connectivity index (χ2v) is 10.4. The summed E-state index contributed by atoms with van der Waals surface area (Å²) >= 11 is 0. The molecule has 180 valence electrons. The van der Waals surface area contributed by atoms with Crippen LogP contribution in [0.3, 0.4) is 0 Å². The second-order valence-electron chi connectivity index (χ2n) is 8.49. The maximum atomic E-state index is 13.1. The molecule has 2 amide bonds. The number of piperidine rings is 1. The lowest BCUT2D eigenvalue weighted by Crippen LogP contribution is -2.46. The number of benzene rings is 2. The summed E-state index contributed by atoms with van der Waals surface area (Å²) < 4.78 is 27.7. The average Bonchev–Trinajstić information content (AvgIpc) is 3.28. The topological polar surface area (TPSA) is 111 Å². The van der Waals surface area contributed by atoms with E-state index in [0.717, 1.165) is 35.7 Å². The standard InChI is InChI=1S/C25H30N4O4S/c30-24(26-15-13-19-18-28-23-12-5-4-11-22(19)23)25(31)27-16-14-20-8-6-7-17-29(20)34(32,33)21-9-2-1-3-10-21/h1-5,9-12,18,20,28H,6-8,13-17H2,(H,26,30)(H,27,31)/t20-/m1/s1. The van der Waals surface area contributed by atoms with Crippen molar-refractivity contribution in [1.82, 2.24) is 19.9 Å². The molecule has 0 saturated carbocycles. The zero-order chi connectivity index (χ0) is 24.0. The Balaban J connectivity index is 1.25. The molecule has 0 spiro atoms. The van der Waals surface area contributed by atoms with E-state index in [9.17, 15) is 18.0 Å². The number of rotatable bonds is 8. The summed E-state index contributed by atoms with van der Waals surface area (Å²) in [5, 5.41) is 6.39. The molecule has 3 aromatic rings. The second kappa shape index (κ2) is 10.8. The van der Waals surface area contributed by atoms with Gasteiger partial charge in [0.25, 0.3) is 0 Å². The lowest BCUT2D eigenvalue weighted by molar-refractivity contribution is -0.139. The van der Waals surface area contributed by atoms with Crippen LogP contribution < -0.4 is 10.6 Å². The lowest BCUT2D eigenvalue weighted by atomic mass is 10.0. The predicted octanol–water partition coefficient (Wildman–Crippen LogP) is 2.58. The Morgan fingerprint density at radius 3 is 2.44 bits per heavy atom. The monoisotopic (exact) mass is 482 g/mol. The number of carbonyl (C=O) groups is 2. The molecular weight excluding hydrogens is 452 g/mol. The number of hydrogen-bond donors (Lipinski definition) is 3. The number of amides is 2. The van der Waals surface area contributed by atoms with Crippen molar-refractivity contribution in [2.45, 2.75) is 43.0 Å². The van der Waals surface area contributed by atoms with E-state index in [0.29, 0.717) is 25.9 Å². The highest BCUT2D eigenvalue weighted by Crippen LogP contribution is 2.26. The van der Waals surface area contributed by atoms with E-state index in [1.807, 2.05) is 30.5 Å². The largest absolute Gasteiger partial charge is 0.361 e. The molecule has 2 heterocycles. The molecule has 1 saturated heterocycles. The van der Waals surface area contributed by atoms with Crippen LogP contribution in [0.4, 0.5) is 0 Å². The van der Waals surface area contributed by atoms with E-state index < -0.39 is 21.8 Å². The first kappa shape index (κ1) is 24.0. The van der Waals surface area contributed by atoms with Crippen LogP contribution in [-0.2, 0) is 26.0 Å². The predicted molar refractivity (Wildman–Crippen MR) is 131 cm³/mol. The molecule has 9 heteroatoms. The Morgan fingerprint density at radius 2 is 1.65 bits per heavy atom. The third-order valence-corrected chi connectivity index (χ3v) is 8.21. The van der Waals surface area contributed by atoms with Gasteiger partial charge in [-0.1, -0.05) is 42.8 Å². The van der Waals surface area contributed by atoms with Crippen LogP contribution >= 0.6 is 0 Å². The minimum Gasteiger partial charge on any atom is -0.361 e. The molecular formula is C25H30N4O4S. The van der Waals surface area contributed by atoms with E-state index in [-0.39, 0.29) is 17.5 Å². The number of aromatic nitrogens is 1. The summed E-state index contributed by atoms with van der Waals surface area (Å²) in [7, 11) is -3.59. The van der Waals surface area contributed by atoms with Gasteiger partial charge in [-0.2, -0.15) is 4.31 Å². The van der Waals surface area contributed by atoms with Gasteiger partial charge in [-0.3, -0.25) is 9.59 Å². The first-order valence-corrected chi connectivity index (χ1v) is 13.1. The van der Waals surface area contributed by atoms with Crippen molar-refractivity contribution in [2.24, 2.45) is 0 Å². The Kier molecular flexibility index (Phi) is 7.64. The number of para-hydroxylation sites is 1. The van der Waals surface area contributed by atoms with Crippen molar-refractivity contribution in [2.75, 3.05) is 19.6 Å². The zero-order valence-corrected chi connectivity index (χ0v) is 19.8. The van der Waals surface area contributed by atoms with Gasteiger partial charge in [0.15, 0.2) is 0 Å². The summed E-state index contributed by atoms with van der Waals surface area (Å²) in [5.74, 6) is -1.38. The molecule has 4 rings (SSSR count). The number of nitrogens with zero attached hydrogens (tertiary/aromatic N) is 1. The number of sulfonamides is 1. The number of aromatic amines is 1. The Labute approximate surface area is 199 Å². The fourth-order valence-corrected chi connectivity index (χ4v) is 6.21. The van der Waals surface area contributed by atoms with E-state index in [4.69, 9.17) is 0 Å². The fourth-order valence-electron chi connectivity index (χ4n) is 4.47. The Hall–Kier alpha value is -3.17. The van der Waals surface area contributed by atoms with Gasteiger partial charge in [0.05, 0.1) is 4.90 Å². The number of nitrogens with one attached hydrogen (secondary N) is 3. The number of H-pyrrole nitrogens is 1. The number of carbonyl (C=O) groups excluding carboxylic acids is 2. The smallest absolute Gasteiger partial charge is 0.309 e. The van der Waals surface area contributed by atoms with Gasteiger partial charge in [0.1, 0.15) is 0 Å². The molecule has 1 aliphatic heterocycles. The van der Waals surface area contributed by atoms with Crippen molar-refractivity contribution in [3.8, 4) is 0 Å². The third-order valence-electron chi connectivity index (χ3n) is 6.25. The molecule has 0 radical (unpaired) electrons. The van der Waals surface area contributed by atoms with Gasteiger partial charge in [-0.15, -0.1) is 0 Å². The fraction of sp³-hybridized carbons (Fsp3) is 0.360. The van der Waals surface area contributed by atoms with Crippen LogP contribution in [0, 0.1) is 0 Å². The minimum atomic E-state index is -3.59. The van der Waals surface area contributed by atoms with Crippen LogP contribution in [-0.4, -0.2) is 55.2 Å². The first-order chi connectivity index (χ1) is 16.5. The molecule has 0 bridgehead atoms. The van der Waals surface area contributed by atoms with Crippen LogP contribution in [0.15, 0.2) is 65.7 Å². The van der Waals surface area contributed by atoms with Gasteiger partial charge >= 0.3 is 11.8 Å². The Morgan fingerprint density at radius 1 is 0.941 bits per heavy atom. The van der Waals surface area contributed by atoms with E-state index in [1.165, 1.54) is 0 Å². The van der Waals surface area contributed by atoms with Crippen molar-refractivity contribution in [3.05, 3.63) is 66.4 Å². The maximum Gasteiger partial charge on any atom is 0.309 e. The molecule has 1 aromatic heterocycles. The highest BCUT2D eigenvalue weighted by molar-refractivity contribution is 7.89. The summed E-state index contributed by atoms with van der Waals surface area (Å²) in [6, 6.07) is 16.1. The van der Waals surface area contributed by atoms with Crippen molar-refractivity contribution >= 4 is 32.7 Å². The van der Waals surface area contributed by atoms with Crippen molar-refractivity contribution < 1.29 is 18.0 Å². The van der Waals surface area contributed by atoms with E-state index in [2.05, 4.69) is 15.6 Å². The van der Waals surface area contributed by atoms with Gasteiger partial charge in [-0.05, 0) is 49.4 Å². The van der Waals surface area contributed by atoms with E-state index >= 15 is 0 Å². The van der Waals surface area contributed by atoms with Gasteiger partial charge < -0.3 is 15.6 Å². The molecule has 8 nitrogen and oxygen atoms in total. The summed E-state index contributed by atoms with van der Waals surface area (Å²) in [6.45, 7) is 1.05. The molecule has 0 aliphatic carbocycles. The first-order valence-electron chi connectivity index (χ1n) is 11.6. The third kappa shape index (κ3) is 5.48. The quantitative estimate of drug-likeness (QED) is 0.429. The molecule has 34 heavy (non-hydrogen) atoms. The van der Waals surface area contributed by atoms with Gasteiger partial charge in [0, 0.05) is 42.8 Å². The Bertz CT molecular complexity index is 1240. The number of fused-ring (bicyclic) bond motifs is 1. The lowest BCUT2D eigenvalue weighted by Gasteiger charge is -2.34. The normalized spacial score (nSPS) is 16.9. The van der Waals surface area contributed by atoms with Crippen molar-refractivity contribution in [3.63, 3.8) is 0 Å². The summed E-state index contributed by atoms with van der Waals surface area (Å²) in [4.78, 5) is 27.9. The minimum absolute atomic E-state index is 0.204. The van der Waals surface area contributed by atoms with Crippen LogP contribution in [0.2, 0.25) is 0 Å². The molecule has 3 N–H and O–H groups in total. The molecule has 1 fully saturated rings. The highest BCUT2D eigenvalue weighted by Gasteiger charge is 2.33. The van der Waals surface area contributed by atoms with Gasteiger partial charge in [0.2, 0.25) is 10.0 Å². The zero-order valence-electron chi connectivity index (χ0n) is 19.0. The van der Waals surface area contributed by atoms with Crippen molar-refractivity contribution in [1.29, 1.82) is 0 Å². The van der Waals surface area contributed by atoms with E-state index in [1.54, 1.807) is 34.6 Å². The summed E-state index contributed by atoms with van der Waals surface area (Å²) in [6.07, 6.45) is 5.47. The molecule has 2 aromatic carbocycles. The van der Waals surface area contributed by atoms with Gasteiger partial charge in [-0.25, -0.2) is 8.42 Å². The molecule has 0 unspecified atom stereocenters. The van der Waals surface area contributed by atoms with Crippen LogP contribution in [0.1, 0.15) is 31.2 Å². The molecule has 1 atom stereocenters. The summed E-state index contributed by atoms with van der Waals surface area (Å²) in [5.41, 5.74) is 2.11. The average molecular weight is 483 g/mol. The molecule has 1 aliphatic rings.